The molecular weight excluding hydrogens is 326 g/mol. The van der Waals surface area contributed by atoms with E-state index >= 15 is 0 Å². The number of nitrogens with one attached hydrogen (secondary N) is 2. The van der Waals surface area contributed by atoms with Crippen molar-refractivity contribution >= 4 is 29.1 Å². The van der Waals surface area contributed by atoms with Gasteiger partial charge in [-0.3, -0.25) is 14.5 Å². The first-order valence-electron chi connectivity index (χ1n) is 7.56. The van der Waals surface area contributed by atoms with E-state index in [1.807, 2.05) is 6.07 Å². The van der Waals surface area contributed by atoms with E-state index in [0.29, 0.717) is 29.5 Å². The molecular formula is C17H17N3O3S. The van der Waals surface area contributed by atoms with Gasteiger partial charge in [0.25, 0.3) is 11.8 Å². The van der Waals surface area contributed by atoms with Crippen molar-refractivity contribution in [3.8, 4) is 0 Å². The highest BCUT2D eigenvalue weighted by Gasteiger charge is 2.31. The van der Waals surface area contributed by atoms with Crippen LogP contribution in [0.2, 0.25) is 0 Å². The van der Waals surface area contributed by atoms with E-state index in [0.717, 1.165) is 5.56 Å². The van der Waals surface area contributed by atoms with E-state index in [4.69, 9.17) is 16.6 Å². The third kappa shape index (κ3) is 3.46. The first-order valence-corrected chi connectivity index (χ1v) is 7.97. The number of amides is 2. The van der Waals surface area contributed by atoms with E-state index in [9.17, 15) is 9.59 Å². The molecule has 7 heteroatoms. The van der Waals surface area contributed by atoms with E-state index in [2.05, 4.69) is 10.6 Å². The molecule has 1 aliphatic heterocycles. The SMILES string of the molecule is CC1NC(=S)N(Cc2cccc(C(=O)NCc3ccco3)c2)C1=O. The second-order valence-electron chi connectivity index (χ2n) is 5.56. The second-order valence-corrected chi connectivity index (χ2v) is 5.94. The highest BCUT2D eigenvalue weighted by molar-refractivity contribution is 7.80. The Bertz CT molecular complexity index is 773. The van der Waals surface area contributed by atoms with Crippen molar-refractivity contribution in [1.82, 2.24) is 15.5 Å². The van der Waals surface area contributed by atoms with Gasteiger partial charge in [-0.15, -0.1) is 0 Å². The van der Waals surface area contributed by atoms with Gasteiger partial charge < -0.3 is 15.1 Å². The van der Waals surface area contributed by atoms with Crippen LogP contribution in [0, 0.1) is 0 Å². The average molecular weight is 343 g/mol. The standard InChI is InChI=1S/C17H17N3O3S/c1-11-16(22)20(17(24)19-11)10-12-4-2-5-13(8-12)15(21)18-9-14-6-3-7-23-14/h2-8,11H,9-10H2,1H3,(H,18,21)(H,19,24). The maximum atomic E-state index is 12.2. The third-order valence-electron chi connectivity index (χ3n) is 3.75. The predicted octanol–water partition coefficient (Wildman–Crippen LogP) is 1.81. The first kappa shape index (κ1) is 16.2. The highest BCUT2D eigenvalue weighted by Crippen LogP contribution is 2.14. The fraction of sp³-hybridized carbons (Fsp3) is 0.235. The fourth-order valence-corrected chi connectivity index (χ4v) is 2.82. The van der Waals surface area contributed by atoms with Crippen molar-refractivity contribution < 1.29 is 14.0 Å². The van der Waals surface area contributed by atoms with Crippen molar-refractivity contribution in [2.75, 3.05) is 0 Å². The number of nitrogens with zero attached hydrogens (tertiary/aromatic N) is 1. The van der Waals surface area contributed by atoms with Crippen LogP contribution >= 0.6 is 12.2 Å². The van der Waals surface area contributed by atoms with E-state index in [1.165, 1.54) is 4.90 Å². The van der Waals surface area contributed by atoms with Gasteiger partial charge in [0.15, 0.2) is 5.11 Å². The highest BCUT2D eigenvalue weighted by atomic mass is 32.1. The van der Waals surface area contributed by atoms with Crippen molar-refractivity contribution in [3.63, 3.8) is 0 Å². The predicted molar refractivity (Wildman–Crippen MR) is 92.1 cm³/mol. The number of hydrogen-bond donors (Lipinski definition) is 2. The molecule has 0 aliphatic carbocycles. The fourth-order valence-electron chi connectivity index (χ4n) is 2.48. The minimum atomic E-state index is -0.308. The molecule has 1 fully saturated rings. The molecule has 1 saturated heterocycles. The summed E-state index contributed by atoms with van der Waals surface area (Å²) in [5.41, 5.74) is 1.37. The number of furan rings is 1. The number of hydrogen-bond acceptors (Lipinski definition) is 4. The molecule has 6 nitrogen and oxygen atoms in total. The molecule has 1 unspecified atom stereocenters. The van der Waals surface area contributed by atoms with Crippen LogP contribution in [0.3, 0.4) is 0 Å². The Morgan fingerprint density at radius 1 is 1.38 bits per heavy atom. The maximum Gasteiger partial charge on any atom is 0.251 e. The summed E-state index contributed by atoms with van der Waals surface area (Å²) in [6, 6.07) is 10.4. The summed E-state index contributed by atoms with van der Waals surface area (Å²) >= 11 is 5.17. The lowest BCUT2D eigenvalue weighted by atomic mass is 10.1. The lowest BCUT2D eigenvalue weighted by Gasteiger charge is -2.15. The summed E-state index contributed by atoms with van der Waals surface area (Å²) in [7, 11) is 0. The van der Waals surface area contributed by atoms with Gasteiger partial charge in [-0.05, 0) is 49.0 Å². The summed E-state index contributed by atoms with van der Waals surface area (Å²) in [6.45, 7) is 2.44. The van der Waals surface area contributed by atoms with Crippen molar-refractivity contribution in [3.05, 3.63) is 59.5 Å². The molecule has 0 bridgehead atoms. The Kier molecular flexibility index (Phi) is 4.61. The topological polar surface area (TPSA) is 74.6 Å². The van der Waals surface area contributed by atoms with Gasteiger partial charge in [0, 0.05) is 5.56 Å². The molecule has 24 heavy (non-hydrogen) atoms. The Hall–Kier alpha value is -2.67. The van der Waals surface area contributed by atoms with Crippen LogP contribution in [0.15, 0.2) is 47.1 Å². The number of carbonyl (C=O) groups excluding carboxylic acids is 2. The summed E-state index contributed by atoms with van der Waals surface area (Å²) in [4.78, 5) is 25.8. The normalized spacial score (nSPS) is 17.0. The molecule has 0 radical (unpaired) electrons. The monoisotopic (exact) mass is 343 g/mol. The van der Waals surface area contributed by atoms with Gasteiger partial charge in [-0.1, -0.05) is 12.1 Å². The largest absolute Gasteiger partial charge is 0.467 e. The molecule has 1 aromatic carbocycles. The zero-order valence-corrected chi connectivity index (χ0v) is 13.9. The van der Waals surface area contributed by atoms with Crippen LogP contribution in [-0.4, -0.2) is 27.9 Å². The Morgan fingerprint density at radius 3 is 2.88 bits per heavy atom. The van der Waals surface area contributed by atoms with Gasteiger partial charge in [-0.25, -0.2) is 0 Å². The number of carbonyl (C=O) groups is 2. The van der Waals surface area contributed by atoms with E-state index < -0.39 is 0 Å². The zero-order valence-electron chi connectivity index (χ0n) is 13.1. The molecule has 2 aromatic rings. The van der Waals surface area contributed by atoms with E-state index in [-0.39, 0.29) is 17.9 Å². The lowest BCUT2D eigenvalue weighted by Crippen LogP contribution is -2.30. The third-order valence-corrected chi connectivity index (χ3v) is 4.09. The van der Waals surface area contributed by atoms with Crippen LogP contribution in [0.5, 0.6) is 0 Å². The Labute approximate surface area is 144 Å². The minimum absolute atomic E-state index is 0.0623. The van der Waals surface area contributed by atoms with E-state index in [1.54, 1.807) is 43.5 Å². The van der Waals surface area contributed by atoms with Crippen LogP contribution in [0.25, 0.3) is 0 Å². The van der Waals surface area contributed by atoms with Crippen molar-refractivity contribution in [2.24, 2.45) is 0 Å². The van der Waals surface area contributed by atoms with Crippen LogP contribution in [0.4, 0.5) is 0 Å². The molecule has 1 atom stereocenters. The Morgan fingerprint density at radius 2 is 2.21 bits per heavy atom. The van der Waals surface area contributed by atoms with Crippen molar-refractivity contribution in [2.45, 2.75) is 26.1 Å². The van der Waals surface area contributed by atoms with Gasteiger partial charge in [-0.2, -0.15) is 0 Å². The maximum absolute atomic E-state index is 12.2. The number of benzene rings is 1. The van der Waals surface area contributed by atoms with Crippen LogP contribution in [-0.2, 0) is 17.9 Å². The Balaban J connectivity index is 1.66. The van der Waals surface area contributed by atoms with Gasteiger partial charge in [0.1, 0.15) is 11.8 Å². The quantitative estimate of drug-likeness (QED) is 0.810. The summed E-state index contributed by atoms with van der Waals surface area (Å²) in [5, 5.41) is 6.14. The summed E-state index contributed by atoms with van der Waals surface area (Å²) in [6.07, 6.45) is 1.56. The lowest BCUT2D eigenvalue weighted by molar-refractivity contribution is -0.127. The zero-order chi connectivity index (χ0) is 17.1. The van der Waals surface area contributed by atoms with Crippen molar-refractivity contribution in [1.29, 1.82) is 0 Å². The number of thiocarbonyl (C=S) groups is 1. The second kappa shape index (κ2) is 6.84. The molecule has 1 aliphatic rings. The smallest absolute Gasteiger partial charge is 0.251 e. The molecule has 3 rings (SSSR count). The summed E-state index contributed by atoms with van der Waals surface area (Å²) in [5.74, 6) is 0.426. The molecule has 2 amide bonds. The number of rotatable bonds is 5. The average Bonchev–Trinajstić information content (AvgIpc) is 3.17. The molecule has 0 spiro atoms. The molecule has 0 saturated carbocycles. The van der Waals surface area contributed by atoms with Crippen LogP contribution < -0.4 is 10.6 Å². The van der Waals surface area contributed by atoms with Gasteiger partial charge >= 0.3 is 0 Å². The molecule has 124 valence electrons. The molecule has 1 aromatic heterocycles. The molecule has 2 N–H and O–H groups in total. The molecule has 2 heterocycles. The van der Waals surface area contributed by atoms with Gasteiger partial charge in [0.05, 0.1) is 19.4 Å². The van der Waals surface area contributed by atoms with Gasteiger partial charge in [0.2, 0.25) is 0 Å². The summed E-state index contributed by atoms with van der Waals surface area (Å²) < 4.78 is 5.19. The first-order chi connectivity index (χ1) is 11.5. The van der Waals surface area contributed by atoms with Crippen LogP contribution in [0.1, 0.15) is 28.6 Å². The minimum Gasteiger partial charge on any atom is -0.467 e.